The minimum Gasteiger partial charge on any atom is -0.254 e. The van der Waals surface area contributed by atoms with Gasteiger partial charge in [-0.2, -0.15) is 0 Å². The molecule has 0 N–H and O–H groups in total. The Balaban J connectivity index is 2.69. The highest BCUT2D eigenvalue weighted by atomic mass is 35.5. The average molecular weight is 189 g/mol. The molecule has 11 heavy (non-hydrogen) atoms. The Bertz CT molecular complexity index is 235. The van der Waals surface area contributed by atoms with Crippen LogP contribution in [0, 0.1) is 0 Å². The van der Waals surface area contributed by atoms with Crippen LogP contribution in [0.3, 0.4) is 0 Å². The van der Waals surface area contributed by atoms with Crippen molar-refractivity contribution in [2.24, 2.45) is 0 Å². The van der Waals surface area contributed by atoms with Crippen LogP contribution in [0.25, 0.3) is 0 Å². The van der Waals surface area contributed by atoms with Crippen molar-refractivity contribution in [3.05, 3.63) is 30.3 Å². The largest absolute Gasteiger partial charge is 0.254 e. The fourth-order valence-corrected chi connectivity index (χ4v) is 2.02. The van der Waals surface area contributed by atoms with Gasteiger partial charge in [0, 0.05) is 16.5 Å². The molecular formula is C8H9ClOS. The lowest BCUT2D eigenvalue weighted by Gasteiger charge is -1.96. The van der Waals surface area contributed by atoms with Gasteiger partial charge < -0.3 is 0 Å². The van der Waals surface area contributed by atoms with E-state index in [0.29, 0.717) is 11.6 Å². The second kappa shape index (κ2) is 4.52. The third-order valence-corrected chi connectivity index (χ3v) is 3.05. The van der Waals surface area contributed by atoms with Gasteiger partial charge in [-0.15, -0.1) is 11.6 Å². The molecule has 0 aliphatic carbocycles. The van der Waals surface area contributed by atoms with Crippen LogP contribution in [0.4, 0.5) is 0 Å². The van der Waals surface area contributed by atoms with Crippen LogP contribution in [0.15, 0.2) is 35.2 Å². The zero-order valence-electron chi connectivity index (χ0n) is 6.00. The van der Waals surface area contributed by atoms with Gasteiger partial charge in [-0.25, -0.2) is 0 Å². The summed E-state index contributed by atoms with van der Waals surface area (Å²) in [4.78, 5) is 0.855. The minimum atomic E-state index is -0.915. The molecule has 1 aromatic carbocycles. The first-order chi connectivity index (χ1) is 5.34. The van der Waals surface area contributed by atoms with Gasteiger partial charge >= 0.3 is 0 Å². The van der Waals surface area contributed by atoms with Crippen LogP contribution in [0.1, 0.15) is 0 Å². The highest BCUT2D eigenvalue weighted by molar-refractivity contribution is 7.85. The van der Waals surface area contributed by atoms with Gasteiger partial charge in [-0.05, 0) is 12.1 Å². The van der Waals surface area contributed by atoms with E-state index in [-0.39, 0.29) is 0 Å². The van der Waals surface area contributed by atoms with E-state index in [0.717, 1.165) is 4.90 Å². The van der Waals surface area contributed by atoms with Crippen molar-refractivity contribution in [1.29, 1.82) is 0 Å². The Morgan fingerprint density at radius 3 is 2.45 bits per heavy atom. The highest BCUT2D eigenvalue weighted by Crippen LogP contribution is 2.05. The molecule has 0 spiro atoms. The fourth-order valence-electron chi connectivity index (χ4n) is 0.760. The van der Waals surface area contributed by atoms with Gasteiger partial charge in [0.15, 0.2) is 0 Å². The molecule has 3 heteroatoms. The van der Waals surface area contributed by atoms with Gasteiger partial charge in [-0.3, -0.25) is 4.21 Å². The normalized spacial score (nSPS) is 12.8. The quantitative estimate of drug-likeness (QED) is 0.664. The van der Waals surface area contributed by atoms with E-state index in [1.807, 2.05) is 30.3 Å². The summed E-state index contributed by atoms with van der Waals surface area (Å²) in [6.07, 6.45) is 0. The lowest BCUT2D eigenvalue weighted by molar-refractivity contribution is 0.684. The summed E-state index contributed by atoms with van der Waals surface area (Å²) in [7, 11) is -0.915. The van der Waals surface area contributed by atoms with E-state index in [1.54, 1.807) is 0 Å². The Morgan fingerprint density at radius 2 is 1.91 bits per heavy atom. The molecule has 60 valence electrons. The minimum absolute atomic E-state index is 0.446. The molecule has 0 amide bonds. The predicted molar refractivity (Wildman–Crippen MR) is 48.4 cm³/mol. The molecular weight excluding hydrogens is 180 g/mol. The van der Waals surface area contributed by atoms with Crippen LogP contribution in [-0.2, 0) is 10.8 Å². The Kier molecular flexibility index (Phi) is 3.60. The summed E-state index contributed by atoms with van der Waals surface area (Å²) < 4.78 is 11.3. The van der Waals surface area contributed by atoms with Crippen molar-refractivity contribution in [3.63, 3.8) is 0 Å². The van der Waals surface area contributed by atoms with Crippen molar-refractivity contribution in [2.75, 3.05) is 11.6 Å². The summed E-state index contributed by atoms with van der Waals surface area (Å²) in [5.41, 5.74) is 0. The van der Waals surface area contributed by atoms with Gasteiger partial charge in [0.1, 0.15) is 0 Å². The molecule has 0 fully saturated rings. The summed E-state index contributed by atoms with van der Waals surface area (Å²) in [5.74, 6) is 0.979. The topological polar surface area (TPSA) is 17.1 Å². The van der Waals surface area contributed by atoms with E-state index in [2.05, 4.69) is 0 Å². The summed E-state index contributed by atoms with van der Waals surface area (Å²) in [6, 6.07) is 9.36. The third kappa shape index (κ3) is 2.64. The average Bonchev–Trinajstić information content (AvgIpc) is 2.07. The van der Waals surface area contributed by atoms with E-state index < -0.39 is 10.8 Å². The Hall–Kier alpha value is -0.340. The molecule has 0 aliphatic heterocycles. The van der Waals surface area contributed by atoms with Crippen molar-refractivity contribution in [3.8, 4) is 0 Å². The van der Waals surface area contributed by atoms with E-state index in [1.165, 1.54) is 0 Å². The molecule has 0 bridgehead atoms. The van der Waals surface area contributed by atoms with Gasteiger partial charge in [0.25, 0.3) is 0 Å². The molecule has 0 unspecified atom stereocenters. The number of benzene rings is 1. The number of hydrogen-bond donors (Lipinski definition) is 0. The van der Waals surface area contributed by atoms with Crippen LogP contribution >= 0.6 is 11.6 Å². The molecule has 0 saturated heterocycles. The van der Waals surface area contributed by atoms with Crippen LogP contribution in [0.2, 0.25) is 0 Å². The second-order valence-corrected chi connectivity index (χ2v) is 4.00. The molecule has 1 rings (SSSR count). The zero-order valence-corrected chi connectivity index (χ0v) is 7.57. The first-order valence-corrected chi connectivity index (χ1v) is 5.19. The van der Waals surface area contributed by atoms with E-state index >= 15 is 0 Å². The summed E-state index contributed by atoms with van der Waals surface area (Å²) in [6.45, 7) is 0. The van der Waals surface area contributed by atoms with Crippen LogP contribution < -0.4 is 0 Å². The standard InChI is InChI=1S/C8H9ClOS/c9-6-7-11(10)8-4-2-1-3-5-8/h1-5H,6-7H2/t11-/m1/s1. The summed E-state index contributed by atoms with van der Waals surface area (Å²) in [5, 5.41) is 0. The van der Waals surface area contributed by atoms with Crippen molar-refractivity contribution in [1.82, 2.24) is 0 Å². The van der Waals surface area contributed by atoms with Crippen LogP contribution in [0.5, 0.6) is 0 Å². The highest BCUT2D eigenvalue weighted by Gasteiger charge is 1.99. The molecule has 0 aromatic heterocycles. The number of halogens is 1. The van der Waals surface area contributed by atoms with Crippen molar-refractivity contribution < 1.29 is 4.21 Å². The predicted octanol–water partition coefficient (Wildman–Crippen LogP) is 2.03. The maximum atomic E-state index is 11.3. The maximum absolute atomic E-state index is 11.3. The van der Waals surface area contributed by atoms with Crippen molar-refractivity contribution in [2.45, 2.75) is 4.90 Å². The zero-order chi connectivity index (χ0) is 8.10. The molecule has 1 atom stereocenters. The monoisotopic (exact) mass is 188 g/mol. The number of hydrogen-bond acceptors (Lipinski definition) is 1. The Labute approximate surface area is 73.8 Å². The maximum Gasteiger partial charge on any atom is 0.0541 e. The second-order valence-electron chi connectivity index (χ2n) is 2.05. The molecule has 0 saturated carbocycles. The molecule has 0 aliphatic rings. The fraction of sp³-hybridized carbons (Fsp3) is 0.250. The molecule has 1 aromatic rings. The lowest BCUT2D eigenvalue weighted by atomic mass is 10.4. The molecule has 0 heterocycles. The van der Waals surface area contributed by atoms with Crippen LogP contribution in [-0.4, -0.2) is 15.8 Å². The van der Waals surface area contributed by atoms with Gasteiger partial charge in [0.2, 0.25) is 0 Å². The first-order valence-electron chi connectivity index (χ1n) is 3.34. The lowest BCUT2D eigenvalue weighted by Crippen LogP contribution is -1.98. The number of alkyl halides is 1. The smallest absolute Gasteiger partial charge is 0.0541 e. The van der Waals surface area contributed by atoms with E-state index in [9.17, 15) is 4.21 Å². The number of rotatable bonds is 3. The van der Waals surface area contributed by atoms with Gasteiger partial charge in [0.05, 0.1) is 10.8 Å². The van der Waals surface area contributed by atoms with Gasteiger partial charge in [-0.1, -0.05) is 18.2 Å². The van der Waals surface area contributed by atoms with Crippen molar-refractivity contribution >= 4 is 22.4 Å². The molecule has 0 radical (unpaired) electrons. The third-order valence-electron chi connectivity index (χ3n) is 1.27. The summed E-state index contributed by atoms with van der Waals surface area (Å²) >= 11 is 5.45. The molecule has 1 nitrogen and oxygen atoms in total. The Morgan fingerprint density at radius 1 is 1.27 bits per heavy atom. The first kappa shape index (κ1) is 8.75. The SMILES string of the molecule is O=[S@](CCCl)c1ccccc1. The van der Waals surface area contributed by atoms with E-state index in [4.69, 9.17) is 11.6 Å².